The number of halogens is 3. The Balaban J connectivity index is 1.41. The first-order valence-corrected chi connectivity index (χ1v) is 13.3. The molecule has 1 aliphatic carbocycles. The van der Waals surface area contributed by atoms with Crippen molar-refractivity contribution in [3.8, 4) is 22.6 Å². The number of anilines is 3. The number of alkyl halides is 3. The van der Waals surface area contributed by atoms with Crippen LogP contribution in [0, 0.1) is 0 Å². The first-order chi connectivity index (χ1) is 18.2. The normalized spacial score (nSPS) is 14.6. The molecule has 15 heteroatoms. The van der Waals surface area contributed by atoms with Crippen molar-refractivity contribution in [1.29, 1.82) is 0 Å². The quantitative estimate of drug-likeness (QED) is 0.283. The number of rotatable bonds is 11. The molecule has 1 aliphatic rings. The molecular weight excluding hydrogens is 523 g/mol. The molecule has 11 nitrogen and oxygen atoms in total. The van der Waals surface area contributed by atoms with Crippen molar-refractivity contribution < 1.29 is 21.6 Å². The molecule has 0 bridgehead atoms. The molecule has 4 aromatic rings. The van der Waals surface area contributed by atoms with Gasteiger partial charge in [-0.1, -0.05) is 0 Å². The van der Waals surface area contributed by atoms with Gasteiger partial charge in [0.1, 0.15) is 11.6 Å². The first kappa shape index (κ1) is 25.6. The number of pyridine rings is 1. The summed E-state index contributed by atoms with van der Waals surface area (Å²) in [6, 6.07) is 4.45. The van der Waals surface area contributed by atoms with Gasteiger partial charge in [0.15, 0.2) is 5.82 Å². The molecule has 0 amide bonds. The van der Waals surface area contributed by atoms with E-state index in [-0.39, 0.29) is 24.0 Å². The molecule has 38 heavy (non-hydrogen) atoms. The SMILES string of the molecule is CC(CCF)Nc1cc(Nc2ccnc(-c3cnn(S(=O)(=O)C4CC4)c3)n2)ncc1-c1ccn(C(F)F)n1. The summed E-state index contributed by atoms with van der Waals surface area (Å²) >= 11 is 0. The van der Waals surface area contributed by atoms with Gasteiger partial charge in [-0.25, -0.2) is 28.1 Å². The van der Waals surface area contributed by atoms with Crippen LogP contribution in [0.1, 0.15) is 32.7 Å². The molecule has 0 aliphatic heterocycles. The van der Waals surface area contributed by atoms with E-state index in [4.69, 9.17) is 0 Å². The van der Waals surface area contributed by atoms with Crippen LogP contribution in [-0.4, -0.2) is 60.3 Å². The van der Waals surface area contributed by atoms with Crippen LogP contribution in [0.4, 0.5) is 30.5 Å². The number of aromatic nitrogens is 7. The first-order valence-electron chi connectivity index (χ1n) is 11.8. The summed E-state index contributed by atoms with van der Waals surface area (Å²) in [6.07, 6.45) is 8.40. The van der Waals surface area contributed by atoms with Gasteiger partial charge in [-0.05, 0) is 38.3 Å². The van der Waals surface area contributed by atoms with E-state index < -0.39 is 28.5 Å². The van der Waals surface area contributed by atoms with Gasteiger partial charge in [-0.3, -0.25) is 4.39 Å². The van der Waals surface area contributed by atoms with Crippen LogP contribution >= 0.6 is 0 Å². The zero-order chi connectivity index (χ0) is 26.9. The van der Waals surface area contributed by atoms with E-state index in [0.29, 0.717) is 46.0 Å². The van der Waals surface area contributed by atoms with Crippen molar-refractivity contribution in [2.45, 2.75) is 44.0 Å². The molecule has 2 N–H and O–H groups in total. The summed E-state index contributed by atoms with van der Waals surface area (Å²) in [5.74, 6) is 1.00. The van der Waals surface area contributed by atoms with Gasteiger partial charge in [-0.2, -0.15) is 23.1 Å². The van der Waals surface area contributed by atoms with Crippen LogP contribution in [0.15, 0.2) is 49.2 Å². The number of hydrogen-bond acceptors (Lipinski definition) is 9. The fourth-order valence-electron chi connectivity index (χ4n) is 3.72. The molecule has 200 valence electrons. The van der Waals surface area contributed by atoms with E-state index in [9.17, 15) is 21.6 Å². The highest BCUT2D eigenvalue weighted by Crippen LogP contribution is 2.32. The fraction of sp³-hybridized carbons (Fsp3) is 0.348. The number of nitrogens with zero attached hydrogens (tertiary/aromatic N) is 7. The van der Waals surface area contributed by atoms with Gasteiger partial charge < -0.3 is 10.6 Å². The molecule has 0 aromatic carbocycles. The zero-order valence-electron chi connectivity index (χ0n) is 20.2. The molecule has 1 unspecified atom stereocenters. The lowest BCUT2D eigenvalue weighted by molar-refractivity contribution is 0.0568. The highest BCUT2D eigenvalue weighted by molar-refractivity contribution is 7.90. The van der Waals surface area contributed by atoms with Crippen molar-refractivity contribution in [2.75, 3.05) is 17.3 Å². The minimum Gasteiger partial charge on any atom is -0.382 e. The molecule has 0 saturated heterocycles. The third kappa shape index (κ3) is 5.46. The molecule has 1 saturated carbocycles. The third-order valence-electron chi connectivity index (χ3n) is 5.87. The van der Waals surface area contributed by atoms with Crippen LogP contribution < -0.4 is 10.6 Å². The Kier molecular flexibility index (Phi) is 7.01. The summed E-state index contributed by atoms with van der Waals surface area (Å²) in [5.41, 5.74) is 1.69. The summed E-state index contributed by atoms with van der Waals surface area (Å²) < 4.78 is 65.3. The third-order valence-corrected chi connectivity index (χ3v) is 7.90. The van der Waals surface area contributed by atoms with E-state index in [1.54, 1.807) is 19.1 Å². The maximum atomic E-state index is 13.0. The fourth-order valence-corrected chi connectivity index (χ4v) is 5.19. The summed E-state index contributed by atoms with van der Waals surface area (Å²) in [7, 11) is -3.52. The average Bonchev–Trinajstić information content (AvgIpc) is 3.42. The zero-order valence-corrected chi connectivity index (χ0v) is 21.0. The van der Waals surface area contributed by atoms with Gasteiger partial charge in [-0.15, -0.1) is 0 Å². The lowest BCUT2D eigenvalue weighted by Crippen LogP contribution is -2.17. The second kappa shape index (κ2) is 10.4. The Morgan fingerprint density at radius 3 is 2.68 bits per heavy atom. The van der Waals surface area contributed by atoms with E-state index >= 15 is 0 Å². The van der Waals surface area contributed by atoms with E-state index in [1.165, 1.54) is 37.1 Å². The Hall–Kier alpha value is -4.01. The topological polar surface area (TPSA) is 133 Å². The Labute approximate surface area is 216 Å². The minimum absolute atomic E-state index is 0.245. The van der Waals surface area contributed by atoms with Crippen molar-refractivity contribution >= 4 is 27.3 Å². The minimum atomic E-state index is -3.52. The Morgan fingerprint density at radius 1 is 1.16 bits per heavy atom. The number of nitrogens with one attached hydrogen (secondary N) is 2. The van der Waals surface area contributed by atoms with Crippen LogP contribution in [-0.2, 0) is 10.0 Å². The largest absolute Gasteiger partial charge is 0.382 e. The van der Waals surface area contributed by atoms with E-state index in [2.05, 4.69) is 35.8 Å². The second-order valence-electron chi connectivity index (χ2n) is 8.83. The van der Waals surface area contributed by atoms with Crippen molar-refractivity contribution in [3.05, 3.63) is 49.2 Å². The van der Waals surface area contributed by atoms with Gasteiger partial charge in [0.25, 0.3) is 10.0 Å². The predicted octanol–water partition coefficient (Wildman–Crippen LogP) is 4.24. The summed E-state index contributed by atoms with van der Waals surface area (Å²) in [6.45, 7) is -1.51. The number of hydrogen-bond donors (Lipinski definition) is 2. The van der Waals surface area contributed by atoms with Crippen LogP contribution in [0.25, 0.3) is 22.6 Å². The van der Waals surface area contributed by atoms with Crippen LogP contribution in [0.5, 0.6) is 0 Å². The summed E-state index contributed by atoms with van der Waals surface area (Å²) in [4.78, 5) is 13.0. The van der Waals surface area contributed by atoms with Crippen molar-refractivity contribution in [2.24, 2.45) is 0 Å². The molecule has 0 radical (unpaired) electrons. The monoisotopic (exact) mass is 547 g/mol. The van der Waals surface area contributed by atoms with Crippen LogP contribution in [0.3, 0.4) is 0 Å². The highest BCUT2D eigenvalue weighted by atomic mass is 32.2. The molecule has 0 spiro atoms. The van der Waals surface area contributed by atoms with Gasteiger partial charge >= 0.3 is 6.55 Å². The van der Waals surface area contributed by atoms with E-state index in [0.717, 1.165) is 4.09 Å². The standard InChI is InChI=1S/C23H24F3N9O2S/c1-14(4-7-24)30-19-10-21(28-12-17(19)18-6-9-34(33-18)23(25)26)31-20-5-8-27-22(32-20)15-11-29-35(13-15)38(36,37)16-2-3-16/h5-6,8-14,16,23H,2-4,7H2,1H3,(H2,27,28,30,31,32). The Morgan fingerprint density at radius 2 is 1.97 bits per heavy atom. The molecule has 4 aromatic heterocycles. The molecule has 5 rings (SSSR count). The molecular formula is C23H24F3N9O2S. The lowest BCUT2D eigenvalue weighted by Gasteiger charge is -2.17. The molecule has 1 atom stereocenters. The van der Waals surface area contributed by atoms with Crippen LogP contribution in [0.2, 0.25) is 0 Å². The lowest BCUT2D eigenvalue weighted by atomic mass is 10.1. The second-order valence-corrected chi connectivity index (χ2v) is 10.9. The highest BCUT2D eigenvalue weighted by Gasteiger charge is 2.37. The molecule has 4 heterocycles. The predicted molar refractivity (Wildman–Crippen MR) is 134 cm³/mol. The van der Waals surface area contributed by atoms with E-state index in [1.807, 2.05) is 0 Å². The maximum absolute atomic E-state index is 13.0. The van der Waals surface area contributed by atoms with Gasteiger partial charge in [0.05, 0.1) is 35.6 Å². The van der Waals surface area contributed by atoms with Crippen molar-refractivity contribution in [1.82, 2.24) is 33.9 Å². The van der Waals surface area contributed by atoms with Gasteiger partial charge in [0, 0.05) is 41.9 Å². The van der Waals surface area contributed by atoms with Gasteiger partial charge in [0.2, 0.25) is 0 Å². The summed E-state index contributed by atoms with van der Waals surface area (Å²) in [5, 5.41) is 13.7. The smallest absolute Gasteiger partial charge is 0.333 e. The average molecular weight is 548 g/mol. The Bertz CT molecular complexity index is 1540. The van der Waals surface area contributed by atoms with Crippen molar-refractivity contribution in [3.63, 3.8) is 0 Å². The molecule has 1 fully saturated rings. The maximum Gasteiger partial charge on any atom is 0.333 e.